The van der Waals surface area contributed by atoms with E-state index in [-0.39, 0.29) is 12.6 Å². The van der Waals surface area contributed by atoms with E-state index in [0.717, 1.165) is 64.4 Å². The Kier molecular flexibility index (Phi) is 5.92. The van der Waals surface area contributed by atoms with Gasteiger partial charge < -0.3 is 14.4 Å². The van der Waals surface area contributed by atoms with E-state index in [0.29, 0.717) is 11.7 Å². The summed E-state index contributed by atoms with van der Waals surface area (Å²) in [7, 11) is 0. The van der Waals surface area contributed by atoms with Gasteiger partial charge in [-0.2, -0.15) is 0 Å². The van der Waals surface area contributed by atoms with Crippen molar-refractivity contribution >= 4 is 5.91 Å². The zero-order valence-corrected chi connectivity index (χ0v) is 14.6. The standard InChI is InChI=1S/C18H29N3O3/c1-15(18(23)21-7-3-2-4-8-21)20-11-9-19(10-12-20)13-16-5-6-17(14-22)24-16/h5-6,15,22H,2-4,7-14H2,1H3/t15-/m1/s1. The third kappa shape index (κ3) is 4.18. The molecule has 2 aliphatic rings. The monoisotopic (exact) mass is 335 g/mol. The lowest BCUT2D eigenvalue weighted by molar-refractivity contribution is -0.138. The van der Waals surface area contributed by atoms with Crippen molar-refractivity contribution in [2.24, 2.45) is 0 Å². The normalized spacial score (nSPS) is 21.8. The molecule has 2 aliphatic heterocycles. The van der Waals surface area contributed by atoms with Crippen LogP contribution in [0.25, 0.3) is 0 Å². The van der Waals surface area contributed by atoms with Crippen LogP contribution in [0.5, 0.6) is 0 Å². The van der Waals surface area contributed by atoms with E-state index < -0.39 is 0 Å². The van der Waals surface area contributed by atoms with Crippen LogP contribution in [-0.4, -0.2) is 71.0 Å². The Morgan fingerprint density at radius 2 is 1.75 bits per heavy atom. The van der Waals surface area contributed by atoms with Gasteiger partial charge in [0.05, 0.1) is 12.6 Å². The number of aliphatic hydroxyl groups excluding tert-OH is 1. The number of nitrogens with zero attached hydrogens (tertiary/aromatic N) is 3. The first kappa shape index (κ1) is 17.5. The third-order valence-corrected chi connectivity index (χ3v) is 5.23. The largest absolute Gasteiger partial charge is 0.462 e. The van der Waals surface area contributed by atoms with Crippen LogP contribution in [0.2, 0.25) is 0 Å². The Labute approximate surface area is 144 Å². The van der Waals surface area contributed by atoms with Gasteiger partial charge in [-0.3, -0.25) is 14.6 Å². The van der Waals surface area contributed by atoms with Crippen molar-refractivity contribution in [1.82, 2.24) is 14.7 Å². The summed E-state index contributed by atoms with van der Waals surface area (Å²) in [5, 5.41) is 9.06. The van der Waals surface area contributed by atoms with E-state index in [2.05, 4.69) is 9.80 Å². The molecule has 0 saturated carbocycles. The average molecular weight is 335 g/mol. The number of amides is 1. The van der Waals surface area contributed by atoms with Crippen molar-refractivity contribution < 1.29 is 14.3 Å². The molecule has 0 aromatic carbocycles. The van der Waals surface area contributed by atoms with Crippen LogP contribution in [0.1, 0.15) is 37.7 Å². The molecule has 0 aliphatic carbocycles. The van der Waals surface area contributed by atoms with Crippen molar-refractivity contribution in [2.75, 3.05) is 39.3 Å². The fourth-order valence-electron chi connectivity index (χ4n) is 3.66. The molecular weight excluding hydrogens is 306 g/mol. The smallest absolute Gasteiger partial charge is 0.239 e. The molecule has 134 valence electrons. The van der Waals surface area contributed by atoms with E-state index >= 15 is 0 Å². The van der Waals surface area contributed by atoms with Gasteiger partial charge in [0.1, 0.15) is 18.1 Å². The topological polar surface area (TPSA) is 60.2 Å². The highest BCUT2D eigenvalue weighted by atomic mass is 16.4. The van der Waals surface area contributed by atoms with Crippen molar-refractivity contribution in [3.8, 4) is 0 Å². The van der Waals surface area contributed by atoms with Gasteiger partial charge >= 0.3 is 0 Å². The summed E-state index contributed by atoms with van der Waals surface area (Å²) in [6.07, 6.45) is 3.54. The van der Waals surface area contributed by atoms with Crippen LogP contribution in [0.4, 0.5) is 0 Å². The quantitative estimate of drug-likeness (QED) is 0.879. The lowest BCUT2D eigenvalue weighted by Gasteiger charge is -2.39. The van der Waals surface area contributed by atoms with Crippen molar-refractivity contribution in [2.45, 2.75) is 45.4 Å². The molecule has 0 bridgehead atoms. The second-order valence-corrected chi connectivity index (χ2v) is 6.90. The van der Waals surface area contributed by atoms with Gasteiger partial charge in [0.25, 0.3) is 0 Å². The molecule has 2 saturated heterocycles. The molecule has 3 heterocycles. The van der Waals surface area contributed by atoms with Gasteiger partial charge in [0, 0.05) is 39.3 Å². The van der Waals surface area contributed by atoms with E-state index in [1.807, 2.05) is 24.0 Å². The summed E-state index contributed by atoms with van der Waals surface area (Å²) in [5.41, 5.74) is 0. The van der Waals surface area contributed by atoms with Crippen LogP contribution in [-0.2, 0) is 17.9 Å². The highest BCUT2D eigenvalue weighted by Crippen LogP contribution is 2.16. The van der Waals surface area contributed by atoms with Crippen LogP contribution < -0.4 is 0 Å². The molecule has 1 N–H and O–H groups in total. The Hall–Kier alpha value is -1.37. The summed E-state index contributed by atoms with van der Waals surface area (Å²) >= 11 is 0. The first-order valence-electron chi connectivity index (χ1n) is 9.11. The number of hydrogen-bond acceptors (Lipinski definition) is 5. The van der Waals surface area contributed by atoms with Gasteiger partial charge in [0.15, 0.2) is 0 Å². The fourth-order valence-corrected chi connectivity index (χ4v) is 3.66. The van der Waals surface area contributed by atoms with E-state index in [1.165, 1.54) is 6.42 Å². The van der Waals surface area contributed by atoms with Crippen LogP contribution >= 0.6 is 0 Å². The second-order valence-electron chi connectivity index (χ2n) is 6.90. The molecule has 1 aromatic rings. The molecule has 0 spiro atoms. The van der Waals surface area contributed by atoms with Gasteiger partial charge in [0.2, 0.25) is 5.91 Å². The van der Waals surface area contributed by atoms with Gasteiger partial charge in [-0.05, 0) is 38.3 Å². The van der Waals surface area contributed by atoms with Gasteiger partial charge in [-0.25, -0.2) is 0 Å². The first-order chi connectivity index (χ1) is 11.7. The molecule has 1 aromatic heterocycles. The fraction of sp³-hybridized carbons (Fsp3) is 0.722. The summed E-state index contributed by atoms with van der Waals surface area (Å²) in [6, 6.07) is 3.74. The minimum atomic E-state index is -0.0517. The molecule has 1 atom stereocenters. The molecule has 24 heavy (non-hydrogen) atoms. The summed E-state index contributed by atoms with van der Waals surface area (Å²) in [6.45, 7) is 8.31. The van der Waals surface area contributed by atoms with E-state index in [4.69, 9.17) is 9.52 Å². The van der Waals surface area contributed by atoms with E-state index in [1.54, 1.807) is 0 Å². The maximum Gasteiger partial charge on any atom is 0.239 e. The number of piperidine rings is 1. The average Bonchev–Trinajstić information content (AvgIpc) is 3.09. The lowest BCUT2D eigenvalue weighted by atomic mass is 10.1. The predicted molar refractivity (Wildman–Crippen MR) is 91.4 cm³/mol. The molecule has 0 unspecified atom stereocenters. The summed E-state index contributed by atoms with van der Waals surface area (Å²) in [4.78, 5) is 19.3. The number of hydrogen-bond donors (Lipinski definition) is 1. The van der Waals surface area contributed by atoms with Crippen LogP contribution in [0, 0.1) is 0 Å². The highest BCUT2D eigenvalue weighted by Gasteiger charge is 2.29. The molecule has 3 rings (SSSR count). The van der Waals surface area contributed by atoms with Gasteiger partial charge in [-0.15, -0.1) is 0 Å². The Balaban J connectivity index is 1.46. The molecule has 0 radical (unpaired) electrons. The minimum absolute atomic E-state index is 0.0187. The third-order valence-electron chi connectivity index (χ3n) is 5.23. The Morgan fingerprint density at radius 1 is 1.08 bits per heavy atom. The summed E-state index contributed by atoms with van der Waals surface area (Å²) in [5.74, 6) is 1.80. The first-order valence-corrected chi connectivity index (χ1v) is 9.11. The Bertz CT molecular complexity index is 531. The number of likely N-dealkylation sites (tertiary alicyclic amines) is 1. The molecule has 2 fully saturated rings. The second kappa shape index (κ2) is 8.14. The molecule has 1 amide bonds. The van der Waals surface area contributed by atoms with Crippen LogP contribution in [0.3, 0.4) is 0 Å². The molecule has 6 nitrogen and oxygen atoms in total. The summed E-state index contributed by atoms with van der Waals surface area (Å²) < 4.78 is 5.56. The highest BCUT2D eigenvalue weighted by molar-refractivity contribution is 5.81. The van der Waals surface area contributed by atoms with Crippen molar-refractivity contribution in [3.63, 3.8) is 0 Å². The molecule has 6 heteroatoms. The number of carbonyl (C=O) groups is 1. The number of carbonyl (C=O) groups excluding carboxylic acids is 1. The zero-order valence-electron chi connectivity index (χ0n) is 14.6. The number of piperazine rings is 1. The van der Waals surface area contributed by atoms with Crippen molar-refractivity contribution in [1.29, 1.82) is 0 Å². The maximum absolute atomic E-state index is 12.6. The van der Waals surface area contributed by atoms with Gasteiger partial charge in [-0.1, -0.05) is 0 Å². The minimum Gasteiger partial charge on any atom is -0.462 e. The van der Waals surface area contributed by atoms with Crippen molar-refractivity contribution in [3.05, 3.63) is 23.7 Å². The number of furan rings is 1. The maximum atomic E-state index is 12.6. The number of aliphatic hydroxyl groups is 1. The lowest BCUT2D eigenvalue weighted by Crippen LogP contribution is -2.54. The SMILES string of the molecule is C[C@H](C(=O)N1CCCCC1)N1CCN(Cc2ccc(CO)o2)CC1. The van der Waals surface area contributed by atoms with E-state index in [9.17, 15) is 4.79 Å². The Morgan fingerprint density at radius 3 is 2.38 bits per heavy atom. The van der Waals surface area contributed by atoms with Crippen LogP contribution in [0.15, 0.2) is 16.5 Å². The number of rotatable bonds is 5. The predicted octanol–water partition coefficient (Wildman–Crippen LogP) is 1.29. The zero-order chi connectivity index (χ0) is 16.9. The molecular formula is C18H29N3O3.